The number of pyridine rings is 2. The molecule has 0 spiro atoms. The van der Waals surface area contributed by atoms with Gasteiger partial charge in [0.05, 0.1) is 46.3 Å². The van der Waals surface area contributed by atoms with Crippen molar-refractivity contribution in [1.82, 2.24) is 25.5 Å². The molecule has 4 aromatic rings. The zero-order chi connectivity index (χ0) is 29.3. The van der Waals surface area contributed by atoms with Gasteiger partial charge in [0, 0.05) is 60.3 Å². The highest BCUT2D eigenvalue weighted by Crippen LogP contribution is 2.40. The van der Waals surface area contributed by atoms with E-state index in [9.17, 15) is 10.5 Å². The second-order valence-corrected chi connectivity index (χ2v) is 11.2. The van der Waals surface area contributed by atoms with Gasteiger partial charge < -0.3 is 19.7 Å². The molecule has 0 radical (unpaired) electrons. The first-order valence-electron chi connectivity index (χ1n) is 13.0. The van der Waals surface area contributed by atoms with Crippen molar-refractivity contribution in [2.45, 2.75) is 44.9 Å². The molecule has 41 heavy (non-hydrogen) atoms. The summed E-state index contributed by atoms with van der Waals surface area (Å²) in [4.78, 5) is 10.7. The molecule has 1 fully saturated rings. The molecule has 4 heterocycles. The molecule has 1 saturated heterocycles. The fourth-order valence-electron chi connectivity index (χ4n) is 5.33. The van der Waals surface area contributed by atoms with E-state index in [4.69, 9.17) is 32.7 Å². The molecule has 0 unspecified atom stereocenters. The van der Waals surface area contributed by atoms with Crippen molar-refractivity contribution < 1.29 is 9.47 Å². The van der Waals surface area contributed by atoms with E-state index in [2.05, 4.69) is 51.5 Å². The maximum absolute atomic E-state index is 9.99. The van der Waals surface area contributed by atoms with Crippen LogP contribution in [0.25, 0.3) is 22.2 Å². The summed E-state index contributed by atoms with van der Waals surface area (Å²) < 4.78 is 11.9. The normalized spacial score (nSPS) is 14.8. The summed E-state index contributed by atoms with van der Waals surface area (Å²) >= 11 is 12.7. The predicted octanol–water partition coefficient (Wildman–Crippen LogP) is 5.82. The number of fused-ring (bicyclic) bond motifs is 1. The largest absolute Gasteiger partial charge is 0.493 e. The van der Waals surface area contributed by atoms with Gasteiger partial charge in [-0.05, 0) is 19.1 Å². The number of methoxy groups -OCH3 is 1. The van der Waals surface area contributed by atoms with Crippen molar-refractivity contribution in [3.05, 3.63) is 58.0 Å². The van der Waals surface area contributed by atoms with Crippen molar-refractivity contribution in [2.75, 3.05) is 25.1 Å². The first-order valence-corrected chi connectivity index (χ1v) is 13.8. The minimum Gasteiger partial charge on any atom is -0.493 e. The Morgan fingerprint density at radius 2 is 1.83 bits per heavy atom. The highest BCUT2D eigenvalue weighted by molar-refractivity contribution is 6.35. The quantitative estimate of drug-likeness (QED) is 0.247. The second-order valence-electron chi connectivity index (χ2n) is 10.4. The molecule has 10 nitrogen and oxygen atoms in total. The van der Waals surface area contributed by atoms with Gasteiger partial charge in [-0.15, -0.1) is 0 Å². The van der Waals surface area contributed by atoms with Gasteiger partial charge in [0.2, 0.25) is 0 Å². The van der Waals surface area contributed by atoms with Gasteiger partial charge in [-0.25, -0.2) is 4.98 Å². The number of aromatic amines is 1. The highest BCUT2D eigenvalue weighted by Gasteiger charge is 2.44. The van der Waals surface area contributed by atoms with Crippen LogP contribution in [-0.4, -0.2) is 51.9 Å². The summed E-state index contributed by atoms with van der Waals surface area (Å²) in [5.41, 5.74) is 2.73. The summed E-state index contributed by atoms with van der Waals surface area (Å²) in [6.07, 6.45) is 4.62. The SMILES string of the molecule is COc1cc2[nH]nc(-c3cnc(N4CC(CC#N)(NC(C)C)C4)c(C#N)c3)c2cc1O[C@H](C)c1c(Cl)cncc1Cl. The van der Waals surface area contributed by atoms with Crippen LogP contribution in [0.3, 0.4) is 0 Å². The van der Waals surface area contributed by atoms with E-state index < -0.39 is 6.10 Å². The maximum atomic E-state index is 9.99. The molecule has 0 saturated carbocycles. The van der Waals surface area contributed by atoms with Crippen LogP contribution in [0.15, 0.2) is 36.8 Å². The van der Waals surface area contributed by atoms with Crippen molar-refractivity contribution in [3.63, 3.8) is 0 Å². The van der Waals surface area contributed by atoms with Gasteiger partial charge in [0.1, 0.15) is 23.7 Å². The Morgan fingerprint density at radius 1 is 1.10 bits per heavy atom. The molecule has 2 N–H and O–H groups in total. The molecule has 5 rings (SSSR count). The van der Waals surface area contributed by atoms with E-state index in [-0.39, 0.29) is 11.6 Å². The molecule has 1 aliphatic heterocycles. The number of benzene rings is 1. The lowest BCUT2D eigenvalue weighted by Crippen LogP contribution is -2.70. The van der Waals surface area contributed by atoms with Crippen LogP contribution < -0.4 is 19.7 Å². The summed E-state index contributed by atoms with van der Waals surface area (Å²) in [5.74, 6) is 1.55. The fraction of sp³-hybridized carbons (Fsp3) is 0.345. The first-order chi connectivity index (χ1) is 19.7. The maximum Gasteiger partial charge on any atom is 0.162 e. The fourth-order valence-corrected chi connectivity index (χ4v) is 6.00. The number of rotatable bonds is 9. The molecule has 3 aromatic heterocycles. The predicted molar refractivity (Wildman–Crippen MR) is 157 cm³/mol. The van der Waals surface area contributed by atoms with Crippen LogP contribution in [0.4, 0.5) is 5.82 Å². The Bertz CT molecular complexity index is 1660. The number of aromatic nitrogens is 4. The van der Waals surface area contributed by atoms with E-state index in [1.165, 1.54) is 12.4 Å². The second kappa shape index (κ2) is 11.4. The average molecular weight is 592 g/mol. The lowest BCUT2D eigenvalue weighted by molar-refractivity contribution is 0.216. The Balaban J connectivity index is 1.46. The van der Waals surface area contributed by atoms with Gasteiger partial charge in [-0.3, -0.25) is 10.1 Å². The van der Waals surface area contributed by atoms with Crippen molar-refractivity contribution >= 4 is 39.9 Å². The van der Waals surface area contributed by atoms with Crippen LogP contribution >= 0.6 is 23.2 Å². The molecular formula is C29H28Cl2N8O2. The smallest absolute Gasteiger partial charge is 0.162 e. The van der Waals surface area contributed by atoms with E-state index in [1.807, 2.05) is 17.9 Å². The number of hydrogen-bond donors (Lipinski definition) is 2. The number of anilines is 1. The Hall–Kier alpha value is -4.09. The van der Waals surface area contributed by atoms with Crippen LogP contribution in [0.5, 0.6) is 11.5 Å². The zero-order valence-electron chi connectivity index (χ0n) is 23.0. The molecule has 1 atom stereocenters. The van der Waals surface area contributed by atoms with Crippen molar-refractivity contribution in [2.24, 2.45) is 0 Å². The molecule has 0 aliphatic carbocycles. The Morgan fingerprint density at radius 3 is 2.46 bits per heavy atom. The standard InChI is InChI=1S/C29H28Cl2N8O2/c1-16(2)36-29(5-6-32)14-39(15-29)28-18(10-33)7-19(11-35-28)27-20-8-25(24(40-4)9-23(20)37-38-27)41-17(3)26-21(30)12-34-13-22(26)31/h7-9,11-13,16-17,36H,5,14-15H2,1-4H3,(H,37,38)/t17-/m1/s1. The third kappa shape index (κ3) is 5.47. The number of nitrogens with zero attached hydrogens (tertiary/aromatic N) is 6. The van der Waals surface area contributed by atoms with Crippen LogP contribution in [0, 0.1) is 22.7 Å². The Kier molecular flexibility index (Phi) is 7.92. The summed E-state index contributed by atoms with van der Waals surface area (Å²) in [6, 6.07) is 10.2. The third-order valence-corrected chi connectivity index (χ3v) is 7.61. The summed E-state index contributed by atoms with van der Waals surface area (Å²) in [5, 5.41) is 31.9. The van der Waals surface area contributed by atoms with Gasteiger partial charge in [-0.2, -0.15) is 15.6 Å². The molecule has 0 bridgehead atoms. The van der Waals surface area contributed by atoms with Crippen LogP contribution in [0.2, 0.25) is 10.0 Å². The minimum absolute atomic E-state index is 0.235. The molecule has 0 amide bonds. The number of nitriles is 2. The molecule has 1 aliphatic rings. The third-order valence-electron chi connectivity index (χ3n) is 7.01. The van der Waals surface area contributed by atoms with E-state index >= 15 is 0 Å². The van der Waals surface area contributed by atoms with Crippen molar-refractivity contribution in [3.8, 4) is 34.9 Å². The van der Waals surface area contributed by atoms with Gasteiger partial charge in [0.25, 0.3) is 0 Å². The molecule has 1 aromatic carbocycles. The monoisotopic (exact) mass is 590 g/mol. The molecular weight excluding hydrogens is 563 g/mol. The topological polar surface area (TPSA) is 136 Å². The van der Waals surface area contributed by atoms with Gasteiger partial charge >= 0.3 is 0 Å². The summed E-state index contributed by atoms with van der Waals surface area (Å²) in [6.45, 7) is 7.14. The lowest BCUT2D eigenvalue weighted by Gasteiger charge is -2.51. The van der Waals surface area contributed by atoms with E-state index in [0.29, 0.717) is 69.3 Å². The molecule has 12 heteroatoms. The molecule has 210 valence electrons. The van der Waals surface area contributed by atoms with Gasteiger partial charge in [-0.1, -0.05) is 37.0 Å². The number of halogens is 2. The highest BCUT2D eigenvalue weighted by atomic mass is 35.5. The number of nitrogens with one attached hydrogen (secondary N) is 2. The summed E-state index contributed by atoms with van der Waals surface area (Å²) in [7, 11) is 1.56. The van der Waals surface area contributed by atoms with Crippen molar-refractivity contribution in [1.29, 1.82) is 10.5 Å². The lowest BCUT2D eigenvalue weighted by atomic mass is 9.85. The first kappa shape index (κ1) is 28.4. The number of ether oxygens (including phenoxy) is 2. The van der Waals surface area contributed by atoms with Crippen LogP contribution in [0.1, 0.15) is 44.4 Å². The van der Waals surface area contributed by atoms with E-state index in [1.54, 1.807) is 25.4 Å². The zero-order valence-corrected chi connectivity index (χ0v) is 24.5. The van der Waals surface area contributed by atoms with E-state index in [0.717, 1.165) is 10.9 Å². The minimum atomic E-state index is -0.499. The van der Waals surface area contributed by atoms with Gasteiger partial charge in [0.15, 0.2) is 11.5 Å². The van der Waals surface area contributed by atoms with Crippen LogP contribution in [-0.2, 0) is 0 Å². The Labute approximate surface area is 247 Å². The average Bonchev–Trinajstić information content (AvgIpc) is 3.33. The number of H-pyrrole nitrogens is 1. The number of hydrogen-bond acceptors (Lipinski definition) is 9.